The van der Waals surface area contributed by atoms with Crippen LogP contribution in [0.4, 0.5) is 0 Å². The quantitative estimate of drug-likeness (QED) is 0.309. The lowest BCUT2D eigenvalue weighted by Gasteiger charge is -2.08. The molecule has 0 radical (unpaired) electrons. The molecule has 0 aliphatic heterocycles. The Morgan fingerprint density at radius 3 is 2.05 bits per heavy atom. The van der Waals surface area contributed by atoms with E-state index in [1.165, 1.54) is 37.2 Å². The predicted octanol–water partition coefficient (Wildman–Crippen LogP) is 5.87. The number of hydrogen-bond acceptors (Lipinski definition) is 1. The van der Waals surface area contributed by atoms with E-state index in [1.807, 2.05) is 0 Å². The average molecular weight is 274 g/mol. The molecule has 0 nitrogen and oxygen atoms in total. The highest BCUT2D eigenvalue weighted by Gasteiger charge is 2.04. The summed E-state index contributed by atoms with van der Waals surface area (Å²) in [6, 6.07) is 24.3. The molecular weight excluding hydrogens is 260 g/mol. The average Bonchev–Trinajstić information content (AvgIpc) is 2.53. The summed E-state index contributed by atoms with van der Waals surface area (Å²) >= 11 is 1.79. The molecule has 4 aromatic rings. The first-order valence-electron chi connectivity index (χ1n) is 6.75. The van der Waals surface area contributed by atoms with Crippen LogP contribution < -0.4 is 0 Å². The van der Waals surface area contributed by atoms with Gasteiger partial charge in [-0.05, 0) is 50.7 Å². The largest absolute Gasteiger partial charge is 0.130 e. The first kappa shape index (κ1) is 11.8. The standard InChI is InChI=1S/C19H14S/c1-20-15-8-11-17-14(12-15)7-10-18-16-5-3-2-4-13(16)6-9-19(17)18/h2-12H,1H3. The Labute approximate surface area is 122 Å². The van der Waals surface area contributed by atoms with Crippen molar-refractivity contribution in [3.63, 3.8) is 0 Å². The van der Waals surface area contributed by atoms with Gasteiger partial charge in [-0.25, -0.2) is 0 Å². The Morgan fingerprint density at radius 1 is 0.600 bits per heavy atom. The lowest BCUT2D eigenvalue weighted by molar-refractivity contribution is 1.52. The fraction of sp³-hybridized carbons (Fsp3) is 0.0526. The van der Waals surface area contributed by atoms with Gasteiger partial charge in [0.25, 0.3) is 0 Å². The van der Waals surface area contributed by atoms with Crippen LogP contribution >= 0.6 is 11.8 Å². The third-order valence-corrected chi connectivity index (χ3v) is 4.67. The molecule has 4 rings (SSSR count). The summed E-state index contributed by atoms with van der Waals surface area (Å²) in [6.07, 6.45) is 2.12. The van der Waals surface area contributed by atoms with Crippen molar-refractivity contribution in [3.05, 3.63) is 66.7 Å². The fourth-order valence-electron chi connectivity index (χ4n) is 2.93. The van der Waals surface area contributed by atoms with Crippen molar-refractivity contribution in [2.24, 2.45) is 0 Å². The SMILES string of the molecule is CSc1ccc2c(ccc3c4ccccc4ccc23)c1. The van der Waals surface area contributed by atoms with Gasteiger partial charge in [0.1, 0.15) is 0 Å². The Morgan fingerprint density at radius 2 is 1.25 bits per heavy atom. The lowest BCUT2D eigenvalue weighted by Crippen LogP contribution is -1.81. The first-order valence-corrected chi connectivity index (χ1v) is 7.97. The van der Waals surface area contributed by atoms with Crippen molar-refractivity contribution in [2.75, 3.05) is 6.26 Å². The summed E-state index contributed by atoms with van der Waals surface area (Å²) < 4.78 is 0. The van der Waals surface area contributed by atoms with E-state index in [2.05, 4.69) is 73.0 Å². The molecule has 20 heavy (non-hydrogen) atoms. The topological polar surface area (TPSA) is 0 Å². The van der Waals surface area contributed by atoms with Crippen LogP contribution in [0, 0.1) is 0 Å². The minimum atomic E-state index is 1.31. The van der Waals surface area contributed by atoms with Crippen LogP contribution in [0.25, 0.3) is 32.3 Å². The minimum Gasteiger partial charge on any atom is -0.130 e. The van der Waals surface area contributed by atoms with E-state index in [9.17, 15) is 0 Å². The molecule has 0 saturated carbocycles. The van der Waals surface area contributed by atoms with Crippen molar-refractivity contribution >= 4 is 44.1 Å². The van der Waals surface area contributed by atoms with Crippen molar-refractivity contribution in [1.29, 1.82) is 0 Å². The second kappa shape index (κ2) is 4.53. The fourth-order valence-corrected chi connectivity index (χ4v) is 3.38. The van der Waals surface area contributed by atoms with Crippen LogP contribution in [0.5, 0.6) is 0 Å². The zero-order valence-electron chi connectivity index (χ0n) is 11.3. The van der Waals surface area contributed by atoms with Crippen LogP contribution in [-0.4, -0.2) is 6.26 Å². The van der Waals surface area contributed by atoms with Gasteiger partial charge in [-0.15, -0.1) is 11.8 Å². The molecule has 0 aliphatic carbocycles. The van der Waals surface area contributed by atoms with E-state index in [4.69, 9.17) is 0 Å². The Kier molecular flexibility index (Phi) is 2.68. The van der Waals surface area contributed by atoms with Gasteiger partial charge in [0, 0.05) is 4.90 Å². The molecule has 0 saturated heterocycles. The van der Waals surface area contributed by atoms with Crippen LogP contribution in [-0.2, 0) is 0 Å². The molecule has 96 valence electrons. The van der Waals surface area contributed by atoms with Crippen molar-refractivity contribution in [1.82, 2.24) is 0 Å². The lowest BCUT2D eigenvalue weighted by atomic mass is 9.97. The van der Waals surface area contributed by atoms with Crippen molar-refractivity contribution in [2.45, 2.75) is 4.90 Å². The van der Waals surface area contributed by atoms with Crippen LogP contribution in [0.3, 0.4) is 0 Å². The summed E-state index contributed by atoms with van der Waals surface area (Å²) in [5.74, 6) is 0. The molecule has 0 aromatic heterocycles. The molecule has 0 unspecified atom stereocenters. The van der Waals surface area contributed by atoms with Gasteiger partial charge < -0.3 is 0 Å². The van der Waals surface area contributed by atoms with Gasteiger partial charge in [-0.1, -0.05) is 54.6 Å². The summed E-state index contributed by atoms with van der Waals surface area (Å²) in [5.41, 5.74) is 0. The molecule has 0 N–H and O–H groups in total. The Balaban J connectivity index is 2.17. The number of rotatable bonds is 1. The van der Waals surface area contributed by atoms with Crippen LogP contribution in [0.2, 0.25) is 0 Å². The summed E-state index contributed by atoms with van der Waals surface area (Å²) in [6.45, 7) is 0. The van der Waals surface area contributed by atoms with E-state index >= 15 is 0 Å². The second-order valence-electron chi connectivity index (χ2n) is 5.03. The molecule has 0 bridgehead atoms. The van der Waals surface area contributed by atoms with Gasteiger partial charge in [-0.3, -0.25) is 0 Å². The normalized spacial score (nSPS) is 11.4. The summed E-state index contributed by atoms with van der Waals surface area (Å²) in [4.78, 5) is 1.32. The Bertz CT molecular complexity index is 938. The highest BCUT2D eigenvalue weighted by atomic mass is 32.2. The number of benzene rings is 4. The third-order valence-electron chi connectivity index (χ3n) is 3.95. The summed E-state index contributed by atoms with van der Waals surface area (Å²) in [5, 5.41) is 7.98. The number of fused-ring (bicyclic) bond motifs is 5. The maximum Gasteiger partial charge on any atom is 0.00755 e. The van der Waals surface area contributed by atoms with Gasteiger partial charge in [0.15, 0.2) is 0 Å². The molecule has 0 spiro atoms. The molecule has 0 amide bonds. The second-order valence-corrected chi connectivity index (χ2v) is 5.91. The van der Waals surface area contributed by atoms with E-state index in [0.717, 1.165) is 0 Å². The molecule has 1 heteroatoms. The number of thioether (sulfide) groups is 1. The van der Waals surface area contributed by atoms with Crippen molar-refractivity contribution < 1.29 is 0 Å². The molecular formula is C19H14S. The minimum absolute atomic E-state index is 1.31. The summed E-state index contributed by atoms with van der Waals surface area (Å²) in [7, 11) is 0. The zero-order chi connectivity index (χ0) is 13.5. The third kappa shape index (κ3) is 1.70. The van der Waals surface area contributed by atoms with E-state index < -0.39 is 0 Å². The first-order chi connectivity index (χ1) is 9.86. The van der Waals surface area contributed by atoms with Gasteiger partial charge in [0.2, 0.25) is 0 Å². The van der Waals surface area contributed by atoms with Crippen LogP contribution in [0.15, 0.2) is 71.6 Å². The van der Waals surface area contributed by atoms with Gasteiger partial charge in [0.05, 0.1) is 0 Å². The molecule has 0 fully saturated rings. The highest BCUT2D eigenvalue weighted by Crippen LogP contribution is 2.32. The van der Waals surface area contributed by atoms with Crippen molar-refractivity contribution in [3.8, 4) is 0 Å². The number of hydrogen-bond donors (Lipinski definition) is 0. The zero-order valence-corrected chi connectivity index (χ0v) is 12.1. The van der Waals surface area contributed by atoms with Gasteiger partial charge in [-0.2, -0.15) is 0 Å². The van der Waals surface area contributed by atoms with E-state index in [0.29, 0.717) is 0 Å². The molecule has 0 heterocycles. The van der Waals surface area contributed by atoms with E-state index in [-0.39, 0.29) is 0 Å². The Hall–Kier alpha value is -1.99. The highest BCUT2D eigenvalue weighted by molar-refractivity contribution is 7.98. The smallest absolute Gasteiger partial charge is 0.00755 e. The van der Waals surface area contributed by atoms with Crippen LogP contribution in [0.1, 0.15) is 0 Å². The maximum atomic E-state index is 2.27. The predicted molar refractivity (Wildman–Crippen MR) is 90.7 cm³/mol. The molecule has 0 atom stereocenters. The molecule has 4 aromatic carbocycles. The maximum absolute atomic E-state index is 2.27. The van der Waals surface area contributed by atoms with Gasteiger partial charge >= 0.3 is 0 Å². The van der Waals surface area contributed by atoms with E-state index in [1.54, 1.807) is 11.8 Å². The molecule has 0 aliphatic rings. The monoisotopic (exact) mass is 274 g/mol.